The Labute approximate surface area is 122 Å². The molecule has 1 N–H and O–H groups in total. The van der Waals surface area contributed by atoms with Crippen LogP contribution in [0.25, 0.3) is 0 Å². The Hall–Kier alpha value is -1.95. The molecule has 0 aliphatic carbocycles. The maximum atomic E-state index is 13.2. The molecule has 0 unspecified atom stereocenters. The summed E-state index contributed by atoms with van der Waals surface area (Å²) in [5.74, 6) is 0.0669. The number of nitrogens with zero attached hydrogens (tertiary/aromatic N) is 2. The second kappa shape index (κ2) is 5.81. The van der Waals surface area contributed by atoms with E-state index in [0.29, 0.717) is 57.2 Å². The molecule has 1 aromatic rings. The van der Waals surface area contributed by atoms with Gasteiger partial charge in [0.25, 0.3) is 0 Å². The van der Waals surface area contributed by atoms with Crippen LogP contribution in [0.1, 0.15) is 17.5 Å². The second-order valence-corrected chi connectivity index (χ2v) is 5.31. The number of benzene rings is 1. The molecule has 0 radical (unpaired) electrons. The summed E-state index contributed by atoms with van der Waals surface area (Å²) in [7, 11) is 0. The van der Waals surface area contributed by atoms with Crippen molar-refractivity contribution in [2.24, 2.45) is 0 Å². The van der Waals surface area contributed by atoms with Gasteiger partial charge in [-0.1, -0.05) is 6.07 Å². The fourth-order valence-corrected chi connectivity index (χ4v) is 2.75. The number of halogens is 1. The zero-order valence-corrected chi connectivity index (χ0v) is 11.8. The average Bonchev–Trinajstić information content (AvgIpc) is 2.82. The Bertz CT molecular complexity index is 570. The van der Waals surface area contributed by atoms with E-state index in [4.69, 9.17) is 10.1 Å². The number of hydrogen-bond acceptors (Lipinski definition) is 3. The van der Waals surface area contributed by atoms with E-state index in [2.05, 4.69) is 0 Å². The Kier molecular flexibility index (Phi) is 3.88. The van der Waals surface area contributed by atoms with Crippen LogP contribution in [-0.2, 0) is 16.1 Å². The van der Waals surface area contributed by atoms with Gasteiger partial charge in [-0.2, -0.15) is 0 Å². The molecule has 0 saturated carbocycles. The fourth-order valence-electron chi connectivity index (χ4n) is 2.75. The summed E-state index contributed by atoms with van der Waals surface area (Å²) in [6.07, 6.45) is 0.374. The fraction of sp³-hybridized carbons (Fsp3) is 0.467. The minimum absolute atomic E-state index is 0.0910. The van der Waals surface area contributed by atoms with Crippen LogP contribution in [0, 0.1) is 11.2 Å². The second-order valence-electron chi connectivity index (χ2n) is 5.31. The molecule has 6 heteroatoms. The maximum Gasteiger partial charge on any atom is 0.224 e. The number of carbonyl (C=O) groups excluding carboxylic acids is 1. The van der Waals surface area contributed by atoms with Crippen molar-refractivity contribution < 1.29 is 13.9 Å². The molecule has 3 rings (SSSR count). The van der Waals surface area contributed by atoms with E-state index in [-0.39, 0.29) is 11.7 Å². The number of amides is 1. The molecule has 0 spiro atoms. The van der Waals surface area contributed by atoms with Crippen molar-refractivity contribution in [3.8, 4) is 0 Å². The molecule has 0 aromatic heterocycles. The molecule has 5 nitrogen and oxygen atoms in total. The van der Waals surface area contributed by atoms with E-state index in [1.807, 2.05) is 4.90 Å². The largest absolute Gasteiger partial charge is 0.378 e. The van der Waals surface area contributed by atoms with Gasteiger partial charge in [-0.25, -0.2) is 4.39 Å². The molecule has 1 fully saturated rings. The highest BCUT2D eigenvalue weighted by molar-refractivity contribution is 6.00. The highest BCUT2D eigenvalue weighted by Gasteiger charge is 2.25. The number of nitrogens with one attached hydrogen (secondary N) is 1. The van der Waals surface area contributed by atoms with Crippen LogP contribution in [0.2, 0.25) is 0 Å². The summed E-state index contributed by atoms with van der Waals surface area (Å²) in [6.45, 7) is 3.53. The van der Waals surface area contributed by atoms with Crippen LogP contribution in [0.5, 0.6) is 0 Å². The van der Waals surface area contributed by atoms with Crippen LogP contribution in [-0.4, -0.2) is 54.4 Å². The number of ether oxygens (including phenoxy) is 1. The monoisotopic (exact) mass is 291 g/mol. The van der Waals surface area contributed by atoms with Gasteiger partial charge in [-0.15, -0.1) is 0 Å². The summed E-state index contributed by atoms with van der Waals surface area (Å²) in [5.41, 5.74) is 1.58. The van der Waals surface area contributed by atoms with Crippen molar-refractivity contribution in [1.29, 1.82) is 5.41 Å². The molecule has 21 heavy (non-hydrogen) atoms. The number of fused-ring (bicyclic) bond motifs is 1. The van der Waals surface area contributed by atoms with E-state index in [1.165, 1.54) is 12.1 Å². The van der Waals surface area contributed by atoms with Crippen LogP contribution in [0.4, 0.5) is 4.39 Å². The molecule has 112 valence electrons. The molecule has 1 saturated heterocycles. The molecule has 2 aliphatic rings. The van der Waals surface area contributed by atoms with Crippen LogP contribution in [0.15, 0.2) is 18.2 Å². The third-order valence-electron chi connectivity index (χ3n) is 3.96. The van der Waals surface area contributed by atoms with Crippen molar-refractivity contribution in [1.82, 2.24) is 9.80 Å². The normalized spacial score (nSPS) is 18.0. The highest BCUT2D eigenvalue weighted by Crippen LogP contribution is 2.23. The molecular formula is C15H18FN3O2. The third kappa shape index (κ3) is 2.90. The van der Waals surface area contributed by atoms with Crippen molar-refractivity contribution in [3.05, 3.63) is 35.1 Å². The van der Waals surface area contributed by atoms with Gasteiger partial charge in [0, 0.05) is 38.2 Å². The van der Waals surface area contributed by atoms with Gasteiger partial charge in [-0.3, -0.25) is 10.2 Å². The molecular weight excluding hydrogens is 273 g/mol. The van der Waals surface area contributed by atoms with Crippen molar-refractivity contribution >= 4 is 11.7 Å². The van der Waals surface area contributed by atoms with E-state index < -0.39 is 0 Å². The lowest BCUT2D eigenvalue weighted by atomic mass is 10.1. The standard InChI is InChI=1S/C15H18FN3O2/c16-12-2-1-11-10-19(15(17)13(11)9-12)4-3-14(20)18-5-7-21-8-6-18/h1-2,9,17H,3-8,10H2. The Morgan fingerprint density at radius 2 is 2.10 bits per heavy atom. The third-order valence-corrected chi connectivity index (χ3v) is 3.96. The minimum atomic E-state index is -0.329. The Balaban J connectivity index is 1.57. The molecule has 1 amide bonds. The summed E-state index contributed by atoms with van der Waals surface area (Å²) in [5, 5.41) is 8.09. The van der Waals surface area contributed by atoms with E-state index in [1.54, 1.807) is 11.0 Å². The summed E-state index contributed by atoms with van der Waals surface area (Å²) >= 11 is 0. The first-order valence-corrected chi connectivity index (χ1v) is 7.13. The van der Waals surface area contributed by atoms with Crippen molar-refractivity contribution in [2.45, 2.75) is 13.0 Å². The molecule has 0 atom stereocenters. The SMILES string of the molecule is N=C1c2cc(F)ccc2CN1CCC(=O)N1CCOCC1. The minimum Gasteiger partial charge on any atom is -0.378 e. The van der Waals surface area contributed by atoms with Crippen molar-refractivity contribution in [3.63, 3.8) is 0 Å². The summed E-state index contributed by atoms with van der Waals surface area (Å²) < 4.78 is 18.5. The topological polar surface area (TPSA) is 56.6 Å². The molecule has 0 bridgehead atoms. The lowest BCUT2D eigenvalue weighted by Gasteiger charge is -2.28. The predicted octanol–water partition coefficient (Wildman–Crippen LogP) is 1.22. The summed E-state index contributed by atoms with van der Waals surface area (Å²) in [4.78, 5) is 15.7. The quantitative estimate of drug-likeness (QED) is 0.911. The number of rotatable bonds is 3. The Morgan fingerprint density at radius 3 is 2.86 bits per heavy atom. The van der Waals surface area contributed by atoms with E-state index >= 15 is 0 Å². The lowest BCUT2D eigenvalue weighted by molar-refractivity contribution is -0.135. The first-order chi connectivity index (χ1) is 10.1. The summed E-state index contributed by atoms with van der Waals surface area (Å²) in [6, 6.07) is 4.51. The van der Waals surface area contributed by atoms with Crippen molar-refractivity contribution in [2.75, 3.05) is 32.8 Å². The highest BCUT2D eigenvalue weighted by atomic mass is 19.1. The first kappa shape index (κ1) is 14.0. The predicted molar refractivity (Wildman–Crippen MR) is 75.7 cm³/mol. The number of amidine groups is 1. The van der Waals surface area contributed by atoms with Crippen LogP contribution >= 0.6 is 0 Å². The number of morpholine rings is 1. The van der Waals surface area contributed by atoms with Gasteiger partial charge in [-0.05, 0) is 17.7 Å². The first-order valence-electron chi connectivity index (χ1n) is 7.13. The van der Waals surface area contributed by atoms with Crippen LogP contribution in [0.3, 0.4) is 0 Å². The molecule has 2 aliphatic heterocycles. The van der Waals surface area contributed by atoms with Gasteiger partial charge in [0.05, 0.1) is 13.2 Å². The Morgan fingerprint density at radius 1 is 1.33 bits per heavy atom. The molecule has 1 aromatic carbocycles. The van der Waals surface area contributed by atoms with Gasteiger partial charge in [0.2, 0.25) is 5.91 Å². The van der Waals surface area contributed by atoms with Gasteiger partial charge >= 0.3 is 0 Å². The lowest BCUT2D eigenvalue weighted by Crippen LogP contribution is -2.42. The number of carbonyl (C=O) groups is 1. The van der Waals surface area contributed by atoms with E-state index in [9.17, 15) is 9.18 Å². The van der Waals surface area contributed by atoms with Crippen LogP contribution < -0.4 is 0 Å². The zero-order valence-electron chi connectivity index (χ0n) is 11.8. The maximum absolute atomic E-state index is 13.2. The smallest absolute Gasteiger partial charge is 0.224 e. The van der Waals surface area contributed by atoms with Gasteiger partial charge in [0.15, 0.2) is 0 Å². The van der Waals surface area contributed by atoms with Gasteiger partial charge in [0.1, 0.15) is 11.7 Å². The average molecular weight is 291 g/mol. The number of hydrogen-bond donors (Lipinski definition) is 1. The zero-order chi connectivity index (χ0) is 14.8. The molecule has 2 heterocycles. The van der Waals surface area contributed by atoms with Gasteiger partial charge < -0.3 is 14.5 Å². The van der Waals surface area contributed by atoms with E-state index in [0.717, 1.165) is 5.56 Å².